The van der Waals surface area contributed by atoms with E-state index in [1.165, 1.54) is 0 Å². The lowest BCUT2D eigenvalue weighted by Crippen LogP contribution is -2.63. The summed E-state index contributed by atoms with van der Waals surface area (Å²) in [6.45, 7) is 22.6. The molecule has 0 aromatic heterocycles. The fourth-order valence-corrected chi connectivity index (χ4v) is 10.8. The zero-order valence-electron chi connectivity index (χ0n) is 22.5. The minimum absolute atomic E-state index is 0.0110. The summed E-state index contributed by atoms with van der Waals surface area (Å²) in [5.74, 6) is -0.473. The Morgan fingerprint density at radius 1 is 1.09 bits per heavy atom. The first-order valence-electron chi connectivity index (χ1n) is 12.7. The maximum Gasteiger partial charge on any atom is 0.343 e. The van der Waals surface area contributed by atoms with Crippen molar-refractivity contribution in [1.82, 2.24) is 0 Å². The number of hydrogen-bond acceptors (Lipinski definition) is 5. The molecule has 0 saturated carbocycles. The van der Waals surface area contributed by atoms with Crippen LogP contribution in [0.1, 0.15) is 78.7 Å². The van der Waals surface area contributed by atoms with Crippen LogP contribution in [0, 0.1) is 5.92 Å². The Morgan fingerprint density at radius 3 is 2.18 bits per heavy atom. The van der Waals surface area contributed by atoms with Gasteiger partial charge in [0.25, 0.3) is 0 Å². The third-order valence-corrected chi connectivity index (χ3v) is 17.6. The average molecular weight is 503 g/mol. The van der Waals surface area contributed by atoms with E-state index in [2.05, 4.69) is 85.8 Å². The maximum absolute atomic E-state index is 12.7. The van der Waals surface area contributed by atoms with Crippen molar-refractivity contribution < 1.29 is 22.8 Å². The third-order valence-electron chi connectivity index (χ3n) is 8.74. The molecule has 188 valence electrons. The summed E-state index contributed by atoms with van der Waals surface area (Å²) in [4.78, 5) is 12.7. The van der Waals surface area contributed by atoms with Crippen molar-refractivity contribution >= 4 is 22.8 Å². The zero-order valence-corrected chi connectivity index (χ0v) is 24.5. The lowest BCUT2D eigenvalue weighted by molar-refractivity contribution is -0.188. The number of benzene rings is 1. The predicted molar refractivity (Wildman–Crippen MR) is 139 cm³/mol. The zero-order chi connectivity index (χ0) is 25.3. The van der Waals surface area contributed by atoms with Gasteiger partial charge in [-0.2, -0.15) is 0 Å². The summed E-state index contributed by atoms with van der Waals surface area (Å²) in [6.07, 6.45) is 1.04. The topological polar surface area (TPSA) is 54.0 Å². The predicted octanol–water partition coefficient (Wildman–Crippen LogP) is 6.97. The number of fused-ring (bicyclic) bond motifs is 4. The smallest absolute Gasteiger partial charge is 0.343 e. The van der Waals surface area contributed by atoms with E-state index in [-0.39, 0.29) is 23.0 Å². The van der Waals surface area contributed by atoms with Gasteiger partial charge >= 0.3 is 14.5 Å². The molecule has 0 radical (unpaired) electrons. The fraction of sp³-hybridized carbons (Fsp3) is 0.667. The van der Waals surface area contributed by atoms with Crippen molar-refractivity contribution in [2.75, 3.05) is 6.61 Å². The van der Waals surface area contributed by atoms with Gasteiger partial charge in [0.2, 0.25) is 0 Å². The molecule has 0 unspecified atom stereocenters. The molecule has 4 atom stereocenters. The van der Waals surface area contributed by atoms with E-state index in [9.17, 15) is 4.79 Å². The largest absolute Gasteiger partial charge is 0.448 e. The molecule has 1 aliphatic carbocycles. The van der Waals surface area contributed by atoms with Crippen LogP contribution in [0.4, 0.5) is 0 Å². The Labute approximate surface area is 207 Å². The highest BCUT2D eigenvalue weighted by atomic mass is 28.4. The van der Waals surface area contributed by atoms with Crippen LogP contribution >= 0.6 is 0 Å². The van der Waals surface area contributed by atoms with Gasteiger partial charge in [0.05, 0.1) is 12.0 Å². The minimum Gasteiger partial charge on any atom is -0.448 e. The molecule has 3 aliphatic rings. The summed E-state index contributed by atoms with van der Waals surface area (Å²) in [6, 6.07) is 8.44. The molecular weight excluding hydrogens is 460 g/mol. The number of carbonyl (C=O) groups excluding carboxylic acids is 1. The van der Waals surface area contributed by atoms with E-state index in [4.69, 9.17) is 18.0 Å². The van der Waals surface area contributed by atoms with Crippen LogP contribution in [0.15, 0.2) is 35.9 Å². The van der Waals surface area contributed by atoms with Crippen LogP contribution in [0.2, 0.25) is 29.2 Å². The highest BCUT2D eigenvalue weighted by molar-refractivity contribution is 6.74. The molecule has 1 aromatic rings. The number of ether oxygens (including phenoxy) is 1. The Hall–Kier alpha value is -1.26. The molecule has 2 heterocycles. The Kier molecular flexibility index (Phi) is 6.38. The molecule has 0 amide bonds. The van der Waals surface area contributed by atoms with Crippen molar-refractivity contribution in [3.63, 3.8) is 0 Å². The minimum atomic E-state index is -2.51. The van der Waals surface area contributed by atoms with Crippen molar-refractivity contribution in [3.8, 4) is 0 Å². The van der Waals surface area contributed by atoms with Crippen LogP contribution < -0.4 is 0 Å². The van der Waals surface area contributed by atoms with Crippen molar-refractivity contribution in [2.45, 2.75) is 102 Å². The number of rotatable bonds is 4. The molecule has 1 spiro atoms. The quantitative estimate of drug-likeness (QED) is 0.329. The maximum atomic E-state index is 12.7. The van der Waals surface area contributed by atoms with E-state index in [0.717, 1.165) is 16.7 Å². The molecule has 0 bridgehead atoms. The van der Waals surface area contributed by atoms with Crippen molar-refractivity contribution in [3.05, 3.63) is 47.0 Å². The van der Waals surface area contributed by atoms with Gasteiger partial charge in [0.1, 0.15) is 6.10 Å². The molecule has 2 aliphatic heterocycles. The van der Waals surface area contributed by atoms with Crippen molar-refractivity contribution in [1.29, 1.82) is 0 Å². The van der Waals surface area contributed by atoms with Gasteiger partial charge in [-0.25, -0.2) is 4.79 Å². The van der Waals surface area contributed by atoms with Gasteiger partial charge in [-0.15, -0.1) is 0 Å². The van der Waals surface area contributed by atoms with Gasteiger partial charge < -0.3 is 18.0 Å². The molecule has 1 aromatic carbocycles. The molecular formula is C27H42O5Si2. The molecule has 1 fully saturated rings. The summed E-state index contributed by atoms with van der Waals surface area (Å²) < 4.78 is 27.3. The molecule has 4 rings (SSSR count). The van der Waals surface area contributed by atoms with Gasteiger partial charge in [-0.05, 0) is 52.8 Å². The highest BCUT2D eigenvalue weighted by Gasteiger charge is 2.66. The fourth-order valence-electron chi connectivity index (χ4n) is 5.77. The molecule has 1 saturated heterocycles. The Bertz CT molecular complexity index is 985. The van der Waals surface area contributed by atoms with Crippen LogP contribution in [0.25, 0.3) is 0 Å². The van der Waals surface area contributed by atoms with E-state index in [1.807, 2.05) is 6.92 Å². The first-order chi connectivity index (χ1) is 15.7. The summed E-state index contributed by atoms with van der Waals surface area (Å²) in [7, 11) is -4.73. The molecule has 0 N–H and O–H groups in total. The molecule has 5 nitrogen and oxygen atoms in total. The van der Waals surface area contributed by atoms with Crippen LogP contribution in [0.5, 0.6) is 0 Å². The first-order valence-corrected chi connectivity index (χ1v) is 17.6. The second-order valence-corrected chi connectivity index (χ2v) is 21.4. The van der Waals surface area contributed by atoms with E-state index >= 15 is 0 Å². The van der Waals surface area contributed by atoms with E-state index < -0.39 is 28.6 Å². The second-order valence-electron chi connectivity index (χ2n) is 12.4. The number of esters is 1. The molecule has 34 heavy (non-hydrogen) atoms. The lowest BCUT2D eigenvalue weighted by atomic mass is 9.66. The second kappa shape index (κ2) is 8.41. The average Bonchev–Trinajstić information content (AvgIpc) is 3.03. The van der Waals surface area contributed by atoms with E-state index in [0.29, 0.717) is 17.7 Å². The van der Waals surface area contributed by atoms with Crippen LogP contribution in [0.3, 0.4) is 0 Å². The molecule has 7 heteroatoms. The number of hydrogen-bond donors (Lipinski definition) is 0. The summed E-state index contributed by atoms with van der Waals surface area (Å²) in [5, 5.41) is 0.0110. The van der Waals surface area contributed by atoms with Crippen LogP contribution in [-0.2, 0) is 22.8 Å². The van der Waals surface area contributed by atoms with Gasteiger partial charge in [0.15, 0.2) is 13.9 Å². The number of carbonyl (C=O) groups is 1. The lowest BCUT2D eigenvalue weighted by Gasteiger charge is -2.57. The Balaban J connectivity index is 1.92. The monoisotopic (exact) mass is 502 g/mol. The van der Waals surface area contributed by atoms with Crippen LogP contribution in [-0.4, -0.2) is 35.1 Å². The SMILES string of the molecule is CC1=CC(=O)O[C@]12[C@H](O[Si](C)(C)C(C)(C)C)c1ccccc1[C@@H]1O[Si](C(C)C)(C(C)C)OC[C@H]12. The van der Waals surface area contributed by atoms with Crippen molar-refractivity contribution in [2.24, 2.45) is 5.92 Å². The normalized spacial score (nSPS) is 30.9. The first kappa shape index (κ1) is 25.8. The van der Waals surface area contributed by atoms with Gasteiger partial charge in [-0.3, -0.25) is 0 Å². The van der Waals surface area contributed by atoms with E-state index in [1.54, 1.807) is 6.08 Å². The summed E-state index contributed by atoms with van der Waals surface area (Å²) in [5.41, 5.74) is 2.81. The highest BCUT2D eigenvalue weighted by Crippen LogP contribution is 2.61. The summed E-state index contributed by atoms with van der Waals surface area (Å²) >= 11 is 0. The Morgan fingerprint density at radius 2 is 1.68 bits per heavy atom. The third kappa shape index (κ3) is 3.70. The van der Waals surface area contributed by atoms with Gasteiger partial charge in [0, 0.05) is 12.7 Å². The standard InChI is InChI=1S/C27H42O5Si2/c1-17(2)34(18(3)4)29-16-22-24(31-34)20-13-11-12-14-21(20)25(32-33(9,10)26(6,7)8)27(22)19(5)15-23(28)30-27/h11-15,17-18,22,24-25H,16H2,1-10H3/t22-,24+,25-,27-/m1/s1. The van der Waals surface area contributed by atoms with Gasteiger partial charge in [-0.1, -0.05) is 72.7 Å².